The van der Waals surface area contributed by atoms with Crippen LogP contribution in [-0.4, -0.2) is 17.5 Å². The maximum Gasteiger partial charge on any atom is 0.275 e. The van der Waals surface area contributed by atoms with Crippen LogP contribution in [0.2, 0.25) is 0 Å². The number of aryl methyl sites for hydroxylation is 1. The molecule has 2 aromatic heterocycles. The molecule has 112 valence electrons. The summed E-state index contributed by atoms with van der Waals surface area (Å²) < 4.78 is 5.38. The number of carbonyl (C=O) groups is 1. The third-order valence-electron chi connectivity index (χ3n) is 3.29. The zero-order chi connectivity index (χ0) is 15.5. The first-order chi connectivity index (χ1) is 10.7. The fourth-order valence-corrected chi connectivity index (χ4v) is 2.27. The van der Waals surface area contributed by atoms with Gasteiger partial charge in [0, 0.05) is 5.39 Å². The number of nitrogens with zero attached hydrogens (tertiary/aromatic N) is 1. The number of hydrogen-bond donors (Lipinski definition) is 1. The molecule has 0 saturated heterocycles. The van der Waals surface area contributed by atoms with Crippen molar-refractivity contribution in [2.75, 3.05) is 6.61 Å². The van der Waals surface area contributed by atoms with Crippen molar-refractivity contribution < 1.29 is 14.0 Å². The van der Waals surface area contributed by atoms with Gasteiger partial charge in [0.05, 0.1) is 24.0 Å². The Morgan fingerprint density at radius 1 is 1.32 bits per heavy atom. The first-order valence-electron chi connectivity index (χ1n) is 7.06. The highest BCUT2D eigenvalue weighted by Gasteiger charge is 2.15. The zero-order valence-electron chi connectivity index (χ0n) is 12.4. The van der Waals surface area contributed by atoms with Crippen molar-refractivity contribution in [3.8, 4) is 11.5 Å². The minimum absolute atomic E-state index is 0.298. The van der Waals surface area contributed by atoms with Crippen LogP contribution in [0.25, 0.3) is 22.4 Å². The second kappa shape index (κ2) is 5.99. The number of pyridine rings is 1. The maximum absolute atomic E-state index is 12.4. The summed E-state index contributed by atoms with van der Waals surface area (Å²) in [4.78, 5) is 21.9. The van der Waals surface area contributed by atoms with Gasteiger partial charge in [-0.2, -0.15) is 0 Å². The molecule has 0 aliphatic heterocycles. The van der Waals surface area contributed by atoms with Crippen LogP contribution in [0.4, 0.5) is 0 Å². The second-order valence-corrected chi connectivity index (χ2v) is 4.92. The summed E-state index contributed by atoms with van der Waals surface area (Å²) >= 11 is 0. The van der Waals surface area contributed by atoms with E-state index in [2.05, 4.69) is 10.5 Å². The summed E-state index contributed by atoms with van der Waals surface area (Å²) in [6, 6.07) is 11.1. The molecule has 1 N–H and O–H groups in total. The quantitative estimate of drug-likeness (QED) is 0.749. The number of benzene rings is 1. The predicted molar refractivity (Wildman–Crippen MR) is 83.3 cm³/mol. The summed E-state index contributed by atoms with van der Waals surface area (Å²) in [7, 11) is 0. The lowest BCUT2D eigenvalue weighted by molar-refractivity contribution is 0.0366. The van der Waals surface area contributed by atoms with Crippen molar-refractivity contribution in [1.82, 2.24) is 10.5 Å². The average Bonchev–Trinajstić information content (AvgIpc) is 3.06. The number of fused-ring (bicyclic) bond motifs is 1. The fourth-order valence-electron chi connectivity index (χ4n) is 2.27. The van der Waals surface area contributed by atoms with Crippen molar-refractivity contribution in [2.45, 2.75) is 13.8 Å². The van der Waals surface area contributed by atoms with Crippen molar-refractivity contribution in [1.29, 1.82) is 0 Å². The summed E-state index contributed by atoms with van der Waals surface area (Å²) in [6.45, 7) is 4.19. The Morgan fingerprint density at radius 3 is 2.91 bits per heavy atom. The first-order valence-corrected chi connectivity index (χ1v) is 7.06. The van der Waals surface area contributed by atoms with Crippen molar-refractivity contribution in [2.24, 2.45) is 0 Å². The van der Waals surface area contributed by atoms with Gasteiger partial charge in [-0.3, -0.25) is 9.63 Å². The first kappa shape index (κ1) is 14.3. The minimum Gasteiger partial charge on any atom is -0.463 e. The Labute approximate surface area is 127 Å². The van der Waals surface area contributed by atoms with E-state index in [-0.39, 0.29) is 5.91 Å². The molecule has 0 spiro atoms. The van der Waals surface area contributed by atoms with Crippen molar-refractivity contribution in [3.05, 3.63) is 53.8 Å². The van der Waals surface area contributed by atoms with Crippen LogP contribution in [0.1, 0.15) is 22.8 Å². The van der Waals surface area contributed by atoms with E-state index in [1.165, 1.54) is 0 Å². The Balaban J connectivity index is 2.17. The van der Waals surface area contributed by atoms with Gasteiger partial charge >= 0.3 is 0 Å². The maximum atomic E-state index is 12.4. The highest BCUT2D eigenvalue weighted by atomic mass is 16.6. The molecule has 0 bridgehead atoms. The molecule has 0 aliphatic rings. The van der Waals surface area contributed by atoms with Crippen LogP contribution in [0.3, 0.4) is 0 Å². The molecule has 3 rings (SSSR count). The van der Waals surface area contributed by atoms with Crippen molar-refractivity contribution >= 4 is 16.8 Å². The molecule has 0 unspecified atom stereocenters. The number of aromatic nitrogens is 1. The lowest BCUT2D eigenvalue weighted by atomic mass is 10.0. The number of nitrogens with one attached hydrogen (secondary N) is 1. The van der Waals surface area contributed by atoms with E-state index >= 15 is 0 Å². The smallest absolute Gasteiger partial charge is 0.275 e. The van der Waals surface area contributed by atoms with E-state index in [4.69, 9.17) is 9.25 Å². The lowest BCUT2D eigenvalue weighted by Crippen LogP contribution is -2.24. The Kier molecular flexibility index (Phi) is 3.89. The molecule has 5 heteroatoms. The number of amides is 1. The van der Waals surface area contributed by atoms with Crippen LogP contribution >= 0.6 is 0 Å². The predicted octanol–water partition coefficient (Wildman–Crippen LogP) is 3.48. The molecule has 1 amide bonds. The Morgan fingerprint density at radius 2 is 2.18 bits per heavy atom. The summed E-state index contributed by atoms with van der Waals surface area (Å²) in [6.07, 6.45) is 1.58. The van der Waals surface area contributed by atoms with E-state index in [1.807, 2.05) is 38.1 Å². The van der Waals surface area contributed by atoms with E-state index in [0.717, 1.165) is 16.5 Å². The normalized spacial score (nSPS) is 10.8. The number of rotatable bonds is 4. The minimum atomic E-state index is -0.298. The van der Waals surface area contributed by atoms with Crippen molar-refractivity contribution in [3.63, 3.8) is 0 Å². The topological polar surface area (TPSA) is 64.4 Å². The number of carbonyl (C=O) groups excluding carboxylic acids is 1. The molecule has 0 radical (unpaired) electrons. The molecule has 3 aromatic rings. The standard InChI is InChI=1S/C17H16N2O3/c1-3-22-19-17(20)13-10-15(16-5-4-8-21-16)18-14-7-6-11(2)9-12(13)14/h4-10H,3H2,1-2H3,(H,19,20). The molecule has 1 aromatic carbocycles. The van der Waals surface area contributed by atoms with Gasteiger partial charge in [0.15, 0.2) is 5.76 Å². The third kappa shape index (κ3) is 2.71. The molecular formula is C17H16N2O3. The van der Waals surface area contributed by atoms with Gasteiger partial charge in [-0.05, 0) is 44.2 Å². The molecule has 0 atom stereocenters. The molecule has 22 heavy (non-hydrogen) atoms. The summed E-state index contributed by atoms with van der Waals surface area (Å²) in [5, 5.41) is 0.785. The van der Waals surface area contributed by atoms with E-state index < -0.39 is 0 Å². The van der Waals surface area contributed by atoms with Gasteiger partial charge in [-0.25, -0.2) is 10.5 Å². The summed E-state index contributed by atoms with van der Waals surface area (Å²) in [5.74, 6) is 0.320. The molecule has 0 fully saturated rings. The highest BCUT2D eigenvalue weighted by molar-refractivity contribution is 6.06. The number of furan rings is 1. The molecule has 2 heterocycles. The van der Waals surface area contributed by atoms with E-state index in [9.17, 15) is 4.79 Å². The highest BCUT2D eigenvalue weighted by Crippen LogP contribution is 2.26. The van der Waals surface area contributed by atoms with Crippen LogP contribution in [-0.2, 0) is 4.84 Å². The fraction of sp³-hybridized carbons (Fsp3) is 0.176. The van der Waals surface area contributed by atoms with Gasteiger partial charge in [-0.15, -0.1) is 0 Å². The lowest BCUT2D eigenvalue weighted by Gasteiger charge is -2.09. The third-order valence-corrected chi connectivity index (χ3v) is 3.29. The molecular weight excluding hydrogens is 280 g/mol. The number of hydrogen-bond acceptors (Lipinski definition) is 4. The van der Waals surface area contributed by atoms with Gasteiger partial charge in [0.2, 0.25) is 0 Å². The molecule has 0 aliphatic carbocycles. The van der Waals surface area contributed by atoms with Crippen LogP contribution in [0.5, 0.6) is 0 Å². The van der Waals surface area contributed by atoms with E-state index in [1.54, 1.807) is 18.4 Å². The van der Waals surface area contributed by atoms with Gasteiger partial charge in [0.1, 0.15) is 5.69 Å². The SMILES string of the molecule is CCONC(=O)c1cc(-c2ccco2)nc2ccc(C)cc12. The van der Waals surface area contributed by atoms with Gasteiger partial charge in [-0.1, -0.05) is 11.6 Å². The van der Waals surface area contributed by atoms with Crippen LogP contribution < -0.4 is 5.48 Å². The Bertz CT molecular complexity index is 810. The monoisotopic (exact) mass is 296 g/mol. The zero-order valence-corrected chi connectivity index (χ0v) is 12.4. The van der Waals surface area contributed by atoms with E-state index in [0.29, 0.717) is 23.6 Å². The molecule has 0 saturated carbocycles. The molecule has 5 nitrogen and oxygen atoms in total. The van der Waals surface area contributed by atoms with Crippen LogP contribution in [0.15, 0.2) is 47.1 Å². The van der Waals surface area contributed by atoms with Gasteiger partial charge < -0.3 is 4.42 Å². The van der Waals surface area contributed by atoms with Gasteiger partial charge in [0.25, 0.3) is 5.91 Å². The van der Waals surface area contributed by atoms with Crippen LogP contribution in [0, 0.1) is 6.92 Å². The Hall–Kier alpha value is -2.66. The average molecular weight is 296 g/mol. The second-order valence-electron chi connectivity index (χ2n) is 4.92. The largest absolute Gasteiger partial charge is 0.463 e. The number of hydroxylamine groups is 1. The summed E-state index contributed by atoms with van der Waals surface area (Å²) in [5.41, 5.74) is 5.36.